The van der Waals surface area contributed by atoms with Crippen molar-refractivity contribution in [2.45, 2.75) is 48.9 Å². The van der Waals surface area contributed by atoms with E-state index in [9.17, 15) is 27.9 Å². The molecule has 2 saturated heterocycles. The number of carboxylic acids is 1. The molecule has 2 aliphatic heterocycles. The maximum absolute atomic E-state index is 12.5. The van der Waals surface area contributed by atoms with Gasteiger partial charge in [-0.2, -0.15) is 11.8 Å². The minimum atomic E-state index is -3.67. The van der Waals surface area contributed by atoms with Gasteiger partial charge in [-0.1, -0.05) is 0 Å². The monoisotopic (exact) mass is 364 g/mol. The molecule has 0 aromatic carbocycles. The molecular formula is C13H20N2O6S2. The maximum atomic E-state index is 12.5. The van der Waals surface area contributed by atoms with Crippen LogP contribution in [0.2, 0.25) is 0 Å². The van der Waals surface area contributed by atoms with Gasteiger partial charge in [-0.05, 0) is 32.3 Å². The topological polar surface area (TPSA) is 121 Å². The molecule has 0 aromatic rings. The van der Waals surface area contributed by atoms with E-state index < -0.39 is 49.8 Å². The summed E-state index contributed by atoms with van der Waals surface area (Å²) in [6.45, 7) is 2.80. The summed E-state index contributed by atoms with van der Waals surface area (Å²) in [5.74, 6) is -1.78. The number of thioether (sulfide) groups is 1. The molecule has 3 atom stereocenters. The lowest BCUT2D eigenvalue weighted by Crippen LogP contribution is -2.61. The predicted molar refractivity (Wildman–Crippen MR) is 84.6 cm³/mol. The van der Waals surface area contributed by atoms with Crippen molar-refractivity contribution in [3.05, 3.63) is 0 Å². The van der Waals surface area contributed by atoms with E-state index in [4.69, 9.17) is 0 Å². The predicted octanol–water partition coefficient (Wildman–Crippen LogP) is -0.557. The number of nitrogens with one attached hydrogen (secondary N) is 1. The second kappa shape index (κ2) is 5.97. The van der Waals surface area contributed by atoms with Crippen molar-refractivity contribution in [3.8, 4) is 0 Å². The number of β-lactam (4-membered cyclic amide) rings is 1. The van der Waals surface area contributed by atoms with E-state index in [1.165, 1.54) is 25.6 Å². The SMILES string of the molecule is CSCCC(NC(=O)C1N2C(=O)CC2S(=O)(=O)C1(C)C)C(=O)O. The first-order chi connectivity index (χ1) is 10.6. The summed E-state index contributed by atoms with van der Waals surface area (Å²) in [6, 6.07) is -2.31. The third-order valence-corrected chi connectivity index (χ3v) is 7.89. The van der Waals surface area contributed by atoms with E-state index in [-0.39, 0.29) is 12.8 Å². The van der Waals surface area contributed by atoms with Crippen LogP contribution >= 0.6 is 11.8 Å². The van der Waals surface area contributed by atoms with Crippen LogP contribution in [0.3, 0.4) is 0 Å². The van der Waals surface area contributed by atoms with Crippen molar-refractivity contribution in [2.24, 2.45) is 0 Å². The highest BCUT2D eigenvalue weighted by molar-refractivity contribution is 7.98. The van der Waals surface area contributed by atoms with Crippen molar-refractivity contribution in [1.29, 1.82) is 0 Å². The molecule has 0 aromatic heterocycles. The Kier molecular flexibility index (Phi) is 4.69. The molecule has 2 amide bonds. The quantitative estimate of drug-likeness (QED) is 0.606. The van der Waals surface area contributed by atoms with Crippen molar-refractivity contribution in [2.75, 3.05) is 12.0 Å². The molecule has 23 heavy (non-hydrogen) atoms. The number of aliphatic carboxylic acids is 1. The van der Waals surface area contributed by atoms with Crippen LogP contribution in [0.1, 0.15) is 26.7 Å². The lowest BCUT2D eigenvalue weighted by molar-refractivity contribution is -0.151. The molecule has 0 saturated carbocycles. The molecule has 0 spiro atoms. The number of hydrogen-bond acceptors (Lipinski definition) is 6. The van der Waals surface area contributed by atoms with E-state index >= 15 is 0 Å². The van der Waals surface area contributed by atoms with Gasteiger partial charge < -0.3 is 15.3 Å². The molecule has 2 heterocycles. The zero-order valence-electron chi connectivity index (χ0n) is 13.1. The molecule has 2 fully saturated rings. The lowest BCUT2D eigenvalue weighted by atomic mass is 9.97. The van der Waals surface area contributed by atoms with Crippen LogP contribution in [0.15, 0.2) is 0 Å². The van der Waals surface area contributed by atoms with Gasteiger partial charge in [0.05, 0.1) is 11.2 Å². The van der Waals surface area contributed by atoms with Crippen LogP contribution in [0, 0.1) is 0 Å². The first-order valence-corrected chi connectivity index (χ1v) is 10.1. The van der Waals surface area contributed by atoms with Crippen molar-refractivity contribution in [3.63, 3.8) is 0 Å². The molecule has 0 aliphatic carbocycles. The third-order valence-electron chi connectivity index (χ3n) is 4.45. The fraction of sp³-hybridized carbons (Fsp3) is 0.769. The van der Waals surface area contributed by atoms with Gasteiger partial charge in [-0.15, -0.1) is 0 Å². The highest BCUT2D eigenvalue weighted by Gasteiger charge is 2.67. The minimum absolute atomic E-state index is 0.121. The zero-order valence-corrected chi connectivity index (χ0v) is 14.7. The van der Waals surface area contributed by atoms with E-state index in [1.807, 2.05) is 6.26 Å². The van der Waals surface area contributed by atoms with Gasteiger partial charge in [0, 0.05) is 0 Å². The molecule has 0 bridgehead atoms. The Morgan fingerprint density at radius 2 is 2.09 bits per heavy atom. The van der Waals surface area contributed by atoms with Gasteiger partial charge in [0.2, 0.25) is 11.8 Å². The van der Waals surface area contributed by atoms with Crippen LogP contribution in [-0.4, -0.2) is 70.4 Å². The summed E-state index contributed by atoms with van der Waals surface area (Å²) in [7, 11) is -3.67. The standard InChI is InChI=1S/C13H20N2O6S2/c1-13(2)10(15-8(16)6-9(15)23(13,20)21)11(17)14-7(12(18)19)4-5-22-3/h7,9-10H,4-6H2,1-3H3,(H,14,17)(H,18,19). The number of fused-ring (bicyclic) bond motifs is 1. The first kappa shape index (κ1) is 18.1. The Morgan fingerprint density at radius 1 is 1.48 bits per heavy atom. The summed E-state index contributed by atoms with van der Waals surface area (Å²) in [5, 5.41) is 10.6. The van der Waals surface area contributed by atoms with Gasteiger partial charge >= 0.3 is 5.97 Å². The largest absolute Gasteiger partial charge is 0.480 e. The number of carbonyl (C=O) groups is 3. The maximum Gasteiger partial charge on any atom is 0.326 e. The van der Waals surface area contributed by atoms with Crippen LogP contribution in [0.5, 0.6) is 0 Å². The normalized spacial score (nSPS) is 28.7. The third kappa shape index (κ3) is 2.71. The van der Waals surface area contributed by atoms with Crippen molar-refractivity contribution in [1.82, 2.24) is 10.2 Å². The second-order valence-corrected chi connectivity index (χ2v) is 9.86. The fourth-order valence-corrected chi connectivity index (χ4v) is 5.60. The van der Waals surface area contributed by atoms with Crippen LogP contribution in [0.4, 0.5) is 0 Å². The number of nitrogens with zero attached hydrogens (tertiary/aromatic N) is 1. The number of rotatable bonds is 6. The van der Waals surface area contributed by atoms with Crippen LogP contribution < -0.4 is 5.32 Å². The number of amides is 2. The average molecular weight is 364 g/mol. The van der Waals surface area contributed by atoms with Gasteiger partial charge in [-0.3, -0.25) is 9.59 Å². The van der Waals surface area contributed by atoms with E-state index in [0.717, 1.165) is 4.90 Å². The van der Waals surface area contributed by atoms with Crippen LogP contribution in [0.25, 0.3) is 0 Å². The number of sulfone groups is 1. The molecule has 3 unspecified atom stereocenters. The number of carboxylic acid groups (broad SMARTS) is 1. The first-order valence-electron chi connectivity index (χ1n) is 7.12. The zero-order chi connectivity index (χ0) is 17.6. The molecule has 2 aliphatic rings. The Balaban J connectivity index is 2.24. The van der Waals surface area contributed by atoms with Crippen molar-refractivity contribution >= 4 is 39.4 Å². The lowest BCUT2D eigenvalue weighted by Gasteiger charge is -2.37. The Bertz CT molecular complexity index is 645. The second-order valence-electron chi connectivity index (χ2n) is 6.19. The Hall–Kier alpha value is -1.29. The van der Waals surface area contributed by atoms with E-state index in [0.29, 0.717) is 5.75 Å². The van der Waals surface area contributed by atoms with Gasteiger partial charge in [0.15, 0.2) is 9.84 Å². The summed E-state index contributed by atoms with van der Waals surface area (Å²) in [6.07, 6.45) is 1.92. The molecular weight excluding hydrogens is 344 g/mol. The molecule has 2 rings (SSSR count). The van der Waals surface area contributed by atoms with E-state index in [2.05, 4.69) is 5.32 Å². The summed E-state index contributed by atoms with van der Waals surface area (Å²) < 4.78 is 23.4. The molecule has 0 radical (unpaired) electrons. The fourth-order valence-electron chi connectivity index (χ4n) is 3.00. The molecule has 130 valence electrons. The summed E-state index contributed by atoms with van der Waals surface area (Å²) >= 11 is 1.44. The number of hydrogen-bond donors (Lipinski definition) is 2. The highest BCUT2D eigenvalue weighted by Crippen LogP contribution is 2.45. The van der Waals surface area contributed by atoms with Crippen molar-refractivity contribution < 1.29 is 27.9 Å². The van der Waals surface area contributed by atoms with E-state index in [1.54, 1.807) is 0 Å². The Labute approximate surface area is 138 Å². The number of carbonyl (C=O) groups excluding carboxylic acids is 2. The molecule has 8 nitrogen and oxygen atoms in total. The van der Waals surface area contributed by atoms with Gasteiger partial charge in [0.1, 0.15) is 17.5 Å². The Morgan fingerprint density at radius 3 is 2.57 bits per heavy atom. The van der Waals surface area contributed by atoms with Crippen LogP contribution in [-0.2, 0) is 24.2 Å². The summed E-state index contributed by atoms with van der Waals surface area (Å²) in [5.41, 5.74) is 0. The molecule has 10 heteroatoms. The smallest absolute Gasteiger partial charge is 0.326 e. The highest BCUT2D eigenvalue weighted by atomic mass is 32.2. The minimum Gasteiger partial charge on any atom is -0.480 e. The molecule has 2 N–H and O–H groups in total. The van der Waals surface area contributed by atoms with Gasteiger partial charge in [-0.25, -0.2) is 13.2 Å². The van der Waals surface area contributed by atoms with Gasteiger partial charge in [0.25, 0.3) is 0 Å². The summed E-state index contributed by atoms with van der Waals surface area (Å²) in [4.78, 5) is 36.6. The average Bonchev–Trinajstić information content (AvgIpc) is 2.56.